The second-order valence-electron chi connectivity index (χ2n) is 7.95. The SMILES string of the molecule is CCCCN1C(=O)C(=O)/C(=C(/O)c2ccc(OCC)cc2OCC)C1c1cccc(OC)c1OC. The maximum Gasteiger partial charge on any atom is 0.295 e. The zero-order valence-corrected chi connectivity index (χ0v) is 20.9. The second-order valence-corrected chi connectivity index (χ2v) is 7.95. The van der Waals surface area contributed by atoms with Gasteiger partial charge in [-0.15, -0.1) is 0 Å². The monoisotopic (exact) mass is 483 g/mol. The highest BCUT2D eigenvalue weighted by Crippen LogP contribution is 2.46. The molecule has 0 saturated carbocycles. The Morgan fingerprint density at radius 3 is 2.34 bits per heavy atom. The van der Waals surface area contributed by atoms with Gasteiger partial charge < -0.3 is 29.0 Å². The number of para-hydroxylation sites is 1. The number of likely N-dealkylation sites (tertiary alicyclic amines) is 1. The molecule has 1 aliphatic heterocycles. The standard InChI is InChI=1S/C27H33NO7/c1-6-9-15-28-23(19-11-10-12-20(32-4)26(19)33-5)22(25(30)27(28)31)24(29)18-14-13-17(34-7-2)16-21(18)35-8-3/h10-14,16,23,29H,6-9,15H2,1-5H3/b24-22+. The zero-order valence-electron chi connectivity index (χ0n) is 20.9. The number of methoxy groups -OCH3 is 2. The first kappa shape index (κ1) is 25.9. The number of carbonyl (C=O) groups excluding carboxylic acids is 2. The van der Waals surface area contributed by atoms with Crippen LogP contribution in [0.1, 0.15) is 50.8 Å². The van der Waals surface area contributed by atoms with Crippen molar-refractivity contribution in [2.24, 2.45) is 0 Å². The van der Waals surface area contributed by atoms with E-state index in [9.17, 15) is 14.7 Å². The third-order valence-corrected chi connectivity index (χ3v) is 5.84. The lowest BCUT2D eigenvalue weighted by Crippen LogP contribution is -2.30. The predicted octanol–water partition coefficient (Wildman–Crippen LogP) is 4.72. The van der Waals surface area contributed by atoms with E-state index in [0.717, 1.165) is 6.42 Å². The number of amides is 1. The highest BCUT2D eigenvalue weighted by molar-refractivity contribution is 6.46. The van der Waals surface area contributed by atoms with Gasteiger partial charge in [-0.05, 0) is 38.5 Å². The normalized spacial score (nSPS) is 16.9. The van der Waals surface area contributed by atoms with Crippen LogP contribution in [0.15, 0.2) is 42.0 Å². The average Bonchev–Trinajstić information content (AvgIpc) is 3.11. The summed E-state index contributed by atoms with van der Waals surface area (Å²) in [7, 11) is 3.02. The molecule has 1 aliphatic rings. The van der Waals surface area contributed by atoms with Crippen molar-refractivity contribution in [3.05, 3.63) is 53.1 Å². The number of carbonyl (C=O) groups is 2. The third-order valence-electron chi connectivity index (χ3n) is 5.84. The Labute approximate surface area is 206 Å². The molecule has 2 aromatic carbocycles. The van der Waals surface area contributed by atoms with Gasteiger partial charge in [-0.25, -0.2) is 0 Å². The van der Waals surface area contributed by atoms with Crippen molar-refractivity contribution in [1.82, 2.24) is 4.90 Å². The maximum atomic E-state index is 13.3. The number of hydrogen-bond donors (Lipinski definition) is 1. The number of rotatable bonds is 11. The van der Waals surface area contributed by atoms with E-state index in [1.165, 1.54) is 19.1 Å². The molecular formula is C27H33NO7. The Kier molecular flexibility index (Phi) is 8.63. The van der Waals surface area contributed by atoms with Gasteiger partial charge >= 0.3 is 0 Å². The van der Waals surface area contributed by atoms with Crippen molar-refractivity contribution in [2.45, 2.75) is 39.7 Å². The Hall–Kier alpha value is -3.68. The fourth-order valence-corrected chi connectivity index (χ4v) is 4.26. The van der Waals surface area contributed by atoms with Crippen molar-refractivity contribution in [3.63, 3.8) is 0 Å². The van der Waals surface area contributed by atoms with Crippen LogP contribution in [0.3, 0.4) is 0 Å². The summed E-state index contributed by atoms with van der Waals surface area (Å²) in [5.74, 6) is 0.0365. The van der Waals surface area contributed by atoms with Crippen molar-refractivity contribution < 1.29 is 33.6 Å². The minimum absolute atomic E-state index is 0.0252. The summed E-state index contributed by atoms with van der Waals surface area (Å²) in [6, 6.07) is 9.40. The van der Waals surface area contributed by atoms with Gasteiger partial charge in [0, 0.05) is 18.2 Å². The topological polar surface area (TPSA) is 94.5 Å². The average molecular weight is 484 g/mol. The molecule has 1 fully saturated rings. The first-order chi connectivity index (χ1) is 16.9. The van der Waals surface area contributed by atoms with Crippen LogP contribution in [0.5, 0.6) is 23.0 Å². The van der Waals surface area contributed by atoms with Crippen LogP contribution < -0.4 is 18.9 Å². The zero-order chi connectivity index (χ0) is 25.5. The quantitative estimate of drug-likeness (QED) is 0.281. The van der Waals surface area contributed by atoms with Crippen LogP contribution in [0.25, 0.3) is 5.76 Å². The van der Waals surface area contributed by atoms with E-state index >= 15 is 0 Å². The van der Waals surface area contributed by atoms with Crippen molar-refractivity contribution in [1.29, 1.82) is 0 Å². The summed E-state index contributed by atoms with van der Waals surface area (Å²) in [6.07, 6.45) is 1.53. The van der Waals surface area contributed by atoms with E-state index in [0.29, 0.717) is 60.3 Å². The van der Waals surface area contributed by atoms with E-state index in [1.54, 1.807) is 36.4 Å². The summed E-state index contributed by atoms with van der Waals surface area (Å²) in [5, 5.41) is 11.5. The summed E-state index contributed by atoms with van der Waals surface area (Å²) in [5.41, 5.74) is 0.825. The Morgan fingerprint density at radius 1 is 0.971 bits per heavy atom. The molecule has 1 atom stereocenters. The fourth-order valence-electron chi connectivity index (χ4n) is 4.26. The molecular weight excluding hydrogens is 450 g/mol. The van der Waals surface area contributed by atoms with Crippen LogP contribution >= 0.6 is 0 Å². The Morgan fingerprint density at radius 2 is 1.71 bits per heavy atom. The molecule has 3 rings (SSSR count). The molecule has 0 aromatic heterocycles. The van der Waals surface area contributed by atoms with E-state index < -0.39 is 17.7 Å². The van der Waals surface area contributed by atoms with Crippen LogP contribution in [-0.4, -0.2) is 55.7 Å². The molecule has 1 unspecified atom stereocenters. The number of unbranched alkanes of at least 4 members (excludes halogenated alkanes) is 1. The molecule has 0 radical (unpaired) electrons. The smallest absolute Gasteiger partial charge is 0.295 e. The third kappa shape index (κ3) is 5.06. The van der Waals surface area contributed by atoms with Crippen LogP contribution in [0, 0.1) is 0 Å². The number of ether oxygens (including phenoxy) is 4. The molecule has 0 aliphatic carbocycles. The lowest BCUT2D eigenvalue weighted by Gasteiger charge is -2.27. The predicted molar refractivity (Wildman–Crippen MR) is 132 cm³/mol. The lowest BCUT2D eigenvalue weighted by molar-refractivity contribution is -0.139. The molecule has 8 nitrogen and oxygen atoms in total. The van der Waals surface area contributed by atoms with Crippen molar-refractivity contribution in [3.8, 4) is 23.0 Å². The summed E-state index contributed by atoms with van der Waals surface area (Å²) < 4.78 is 22.4. The molecule has 188 valence electrons. The number of Topliss-reactive ketones (excluding diaryl/α,β-unsaturated/α-hetero) is 1. The molecule has 1 heterocycles. The number of benzene rings is 2. The Balaban J connectivity index is 2.27. The maximum absolute atomic E-state index is 13.3. The largest absolute Gasteiger partial charge is 0.507 e. The highest BCUT2D eigenvalue weighted by atomic mass is 16.5. The summed E-state index contributed by atoms with van der Waals surface area (Å²) >= 11 is 0. The van der Waals surface area contributed by atoms with Gasteiger partial charge in [-0.2, -0.15) is 0 Å². The molecule has 1 saturated heterocycles. The molecule has 0 spiro atoms. The molecule has 35 heavy (non-hydrogen) atoms. The van der Waals surface area contributed by atoms with Gasteiger partial charge in [-0.3, -0.25) is 9.59 Å². The number of aliphatic hydroxyl groups excluding tert-OH is 1. The van der Waals surface area contributed by atoms with E-state index in [2.05, 4.69) is 0 Å². The summed E-state index contributed by atoms with van der Waals surface area (Å²) in [6.45, 7) is 6.86. The number of hydrogen-bond acceptors (Lipinski definition) is 7. The second kappa shape index (κ2) is 11.6. The minimum atomic E-state index is -0.854. The van der Waals surface area contributed by atoms with Crippen molar-refractivity contribution >= 4 is 17.4 Å². The molecule has 1 amide bonds. The van der Waals surface area contributed by atoms with Crippen LogP contribution in [-0.2, 0) is 9.59 Å². The summed E-state index contributed by atoms with van der Waals surface area (Å²) in [4.78, 5) is 28.0. The van der Waals surface area contributed by atoms with Gasteiger partial charge in [0.2, 0.25) is 0 Å². The van der Waals surface area contributed by atoms with Crippen LogP contribution in [0.4, 0.5) is 0 Å². The molecule has 0 bridgehead atoms. The lowest BCUT2D eigenvalue weighted by atomic mass is 9.94. The Bertz CT molecular complexity index is 1110. The van der Waals surface area contributed by atoms with Gasteiger partial charge in [0.1, 0.15) is 17.3 Å². The van der Waals surface area contributed by atoms with Gasteiger partial charge in [0.25, 0.3) is 11.7 Å². The minimum Gasteiger partial charge on any atom is -0.507 e. The number of aliphatic hydroxyl groups is 1. The van der Waals surface area contributed by atoms with Crippen molar-refractivity contribution in [2.75, 3.05) is 34.0 Å². The van der Waals surface area contributed by atoms with E-state index in [-0.39, 0.29) is 11.3 Å². The van der Waals surface area contributed by atoms with E-state index in [4.69, 9.17) is 18.9 Å². The fraction of sp³-hybridized carbons (Fsp3) is 0.407. The van der Waals surface area contributed by atoms with Gasteiger partial charge in [0.15, 0.2) is 11.5 Å². The first-order valence-electron chi connectivity index (χ1n) is 11.8. The van der Waals surface area contributed by atoms with Crippen LogP contribution in [0.2, 0.25) is 0 Å². The van der Waals surface area contributed by atoms with Gasteiger partial charge in [0.05, 0.1) is 44.6 Å². The number of nitrogens with zero attached hydrogens (tertiary/aromatic N) is 1. The van der Waals surface area contributed by atoms with Gasteiger partial charge in [-0.1, -0.05) is 25.5 Å². The molecule has 1 N–H and O–H groups in total. The number of ketones is 1. The first-order valence-corrected chi connectivity index (χ1v) is 11.8. The highest BCUT2D eigenvalue weighted by Gasteiger charge is 2.47. The molecule has 2 aromatic rings. The molecule has 8 heteroatoms. The van der Waals surface area contributed by atoms with E-state index in [1.807, 2.05) is 20.8 Å².